The smallest absolute Gasteiger partial charge is 0.182 e. The molecule has 0 aliphatic heterocycles. The van der Waals surface area contributed by atoms with Gasteiger partial charge in [0.1, 0.15) is 5.52 Å². The van der Waals surface area contributed by atoms with Gasteiger partial charge in [0.05, 0.1) is 5.69 Å². The monoisotopic (exact) mass is 224 g/mol. The van der Waals surface area contributed by atoms with Crippen molar-refractivity contribution in [3.05, 3.63) is 60.0 Å². The third-order valence-electron chi connectivity index (χ3n) is 2.83. The summed E-state index contributed by atoms with van der Waals surface area (Å²) in [6, 6.07) is 14.1. The lowest BCUT2D eigenvalue weighted by atomic mass is 10.0. The molecule has 0 spiro atoms. The summed E-state index contributed by atoms with van der Waals surface area (Å²) in [4.78, 5) is 4.13. The molecule has 0 aliphatic carbocycles. The molecule has 0 bridgehead atoms. The maximum absolute atomic E-state index is 5.84. The first-order chi connectivity index (χ1) is 8.34. The topological polar surface area (TPSA) is 52.0 Å². The van der Waals surface area contributed by atoms with Gasteiger partial charge in [0, 0.05) is 12.0 Å². The molecule has 0 radical (unpaired) electrons. The molecule has 0 atom stereocenters. The summed E-state index contributed by atoms with van der Waals surface area (Å²) in [5, 5.41) is 0. The Kier molecular flexibility index (Phi) is 2.29. The Morgan fingerprint density at radius 1 is 1.06 bits per heavy atom. The van der Waals surface area contributed by atoms with Gasteiger partial charge >= 0.3 is 0 Å². The number of nitrogens with two attached hydrogens (primary N) is 1. The van der Waals surface area contributed by atoms with Gasteiger partial charge in [-0.1, -0.05) is 36.4 Å². The predicted octanol–water partition coefficient (Wildman–Crippen LogP) is 3.00. The molecule has 0 saturated carbocycles. The molecule has 1 aromatic heterocycles. The maximum Gasteiger partial charge on any atom is 0.182 e. The first-order valence-corrected chi connectivity index (χ1v) is 5.49. The van der Waals surface area contributed by atoms with Crippen molar-refractivity contribution >= 4 is 16.8 Å². The number of hydrogen-bond acceptors (Lipinski definition) is 3. The van der Waals surface area contributed by atoms with E-state index in [-0.39, 0.29) is 0 Å². The minimum absolute atomic E-state index is 0.658. The highest BCUT2D eigenvalue weighted by Gasteiger charge is 2.08. The van der Waals surface area contributed by atoms with Gasteiger partial charge in [-0.15, -0.1) is 0 Å². The number of benzene rings is 2. The van der Waals surface area contributed by atoms with Gasteiger partial charge in [-0.3, -0.25) is 0 Å². The lowest BCUT2D eigenvalue weighted by molar-refractivity contribution is 0.598. The molecule has 0 amide bonds. The molecule has 84 valence electrons. The van der Waals surface area contributed by atoms with Crippen LogP contribution in [0.3, 0.4) is 0 Å². The average molecular weight is 224 g/mol. The second-order valence-corrected chi connectivity index (χ2v) is 4.01. The Morgan fingerprint density at radius 3 is 2.71 bits per heavy atom. The van der Waals surface area contributed by atoms with Crippen LogP contribution >= 0.6 is 0 Å². The molecular formula is C14H12N2O. The summed E-state index contributed by atoms with van der Waals surface area (Å²) in [5.41, 5.74) is 10.4. The fourth-order valence-corrected chi connectivity index (χ4v) is 1.98. The zero-order chi connectivity index (χ0) is 11.7. The van der Waals surface area contributed by atoms with Crippen molar-refractivity contribution in [1.82, 2.24) is 4.98 Å². The number of aromatic nitrogens is 1. The number of nitrogens with zero attached hydrogens (tertiary/aromatic N) is 1. The molecule has 1 heterocycles. The fourth-order valence-electron chi connectivity index (χ4n) is 1.98. The third-order valence-corrected chi connectivity index (χ3v) is 2.83. The van der Waals surface area contributed by atoms with Crippen LogP contribution < -0.4 is 5.73 Å². The van der Waals surface area contributed by atoms with Gasteiger partial charge in [-0.2, -0.15) is 0 Å². The van der Waals surface area contributed by atoms with Gasteiger partial charge in [0.25, 0.3) is 0 Å². The molecule has 2 N–H and O–H groups in total. The van der Waals surface area contributed by atoms with E-state index in [0.717, 1.165) is 23.1 Å². The van der Waals surface area contributed by atoms with Gasteiger partial charge in [0.15, 0.2) is 12.0 Å². The van der Waals surface area contributed by atoms with Crippen molar-refractivity contribution in [3.8, 4) is 0 Å². The minimum Gasteiger partial charge on any atom is -0.443 e. The minimum atomic E-state index is 0.658. The Bertz CT molecular complexity index is 644. The third kappa shape index (κ3) is 1.76. The van der Waals surface area contributed by atoms with Crippen LogP contribution in [0.5, 0.6) is 0 Å². The lowest BCUT2D eigenvalue weighted by Gasteiger charge is -2.03. The average Bonchev–Trinajstić information content (AvgIpc) is 2.84. The lowest BCUT2D eigenvalue weighted by Crippen LogP contribution is -1.92. The quantitative estimate of drug-likeness (QED) is 0.681. The van der Waals surface area contributed by atoms with E-state index in [1.807, 2.05) is 30.3 Å². The van der Waals surface area contributed by atoms with Crippen molar-refractivity contribution < 1.29 is 4.42 Å². The normalized spacial score (nSPS) is 10.8. The summed E-state index contributed by atoms with van der Waals surface area (Å²) >= 11 is 0. The molecular weight excluding hydrogens is 212 g/mol. The second-order valence-electron chi connectivity index (χ2n) is 4.01. The van der Waals surface area contributed by atoms with E-state index in [0.29, 0.717) is 5.69 Å². The van der Waals surface area contributed by atoms with Crippen LogP contribution in [0.25, 0.3) is 11.1 Å². The van der Waals surface area contributed by atoms with Crippen molar-refractivity contribution in [2.45, 2.75) is 6.42 Å². The van der Waals surface area contributed by atoms with Crippen LogP contribution in [0, 0.1) is 0 Å². The number of oxazole rings is 1. The van der Waals surface area contributed by atoms with E-state index in [4.69, 9.17) is 10.2 Å². The van der Waals surface area contributed by atoms with Crippen molar-refractivity contribution in [3.63, 3.8) is 0 Å². The standard InChI is InChI=1S/C14H12N2O/c15-12-7-6-11(14-13(12)16-9-17-14)8-10-4-2-1-3-5-10/h1-7,9H,8,15H2. The molecule has 2 aromatic carbocycles. The molecule has 3 aromatic rings. The van der Waals surface area contributed by atoms with E-state index < -0.39 is 0 Å². The Morgan fingerprint density at radius 2 is 1.88 bits per heavy atom. The van der Waals surface area contributed by atoms with E-state index in [9.17, 15) is 0 Å². The summed E-state index contributed by atoms with van der Waals surface area (Å²) in [6.07, 6.45) is 2.27. The Hall–Kier alpha value is -2.29. The van der Waals surface area contributed by atoms with Crippen LogP contribution in [0.15, 0.2) is 53.3 Å². The van der Waals surface area contributed by atoms with Crippen molar-refractivity contribution in [1.29, 1.82) is 0 Å². The summed E-state index contributed by atoms with van der Waals surface area (Å²) in [5.74, 6) is 0. The van der Waals surface area contributed by atoms with Crippen molar-refractivity contribution in [2.24, 2.45) is 0 Å². The highest BCUT2D eigenvalue weighted by molar-refractivity contribution is 5.87. The van der Waals surface area contributed by atoms with E-state index in [2.05, 4.69) is 17.1 Å². The first kappa shape index (κ1) is 9.90. The highest BCUT2D eigenvalue weighted by Crippen LogP contribution is 2.25. The summed E-state index contributed by atoms with van der Waals surface area (Å²) < 4.78 is 5.41. The Labute approximate surface area is 98.9 Å². The number of nitrogen functional groups attached to an aromatic ring is 1. The predicted molar refractivity (Wildman–Crippen MR) is 67.7 cm³/mol. The van der Waals surface area contributed by atoms with Gasteiger partial charge in [-0.05, 0) is 11.6 Å². The van der Waals surface area contributed by atoms with E-state index in [1.165, 1.54) is 12.0 Å². The van der Waals surface area contributed by atoms with Crippen molar-refractivity contribution in [2.75, 3.05) is 5.73 Å². The largest absolute Gasteiger partial charge is 0.443 e. The van der Waals surface area contributed by atoms with Crippen LogP contribution in [-0.2, 0) is 6.42 Å². The Balaban J connectivity index is 2.07. The van der Waals surface area contributed by atoms with Gasteiger partial charge in [-0.25, -0.2) is 4.98 Å². The van der Waals surface area contributed by atoms with Crippen LogP contribution in [0.1, 0.15) is 11.1 Å². The SMILES string of the molecule is Nc1ccc(Cc2ccccc2)c2ocnc12. The zero-order valence-electron chi connectivity index (χ0n) is 9.26. The van der Waals surface area contributed by atoms with Gasteiger partial charge in [0.2, 0.25) is 0 Å². The number of anilines is 1. The molecule has 17 heavy (non-hydrogen) atoms. The number of fused-ring (bicyclic) bond motifs is 1. The molecule has 0 unspecified atom stereocenters. The molecule has 3 nitrogen and oxygen atoms in total. The maximum atomic E-state index is 5.84. The fraction of sp³-hybridized carbons (Fsp3) is 0.0714. The summed E-state index contributed by atoms with van der Waals surface area (Å²) in [7, 11) is 0. The van der Waals surface area contributed by atoms with E-state index in [1.54, 1.807) is 0 Å². The zero-order valence-corrected chi connectivity index (χ0v) is 9.26. The summed E-state index contributed by atoms with van der Waals surface area (Å²) in [6.45, 7) is 0. The van der Waals surface area contributed by atoms with Crippen LogP contribution in [0.4, 0.5) is 5.69 Å². The number of rotatable bonds is 2. The second kappa shape index (κ2) is 3.94. The highest BCUT2D eigenvalue weighted by atomic mass is 16.3. The molecule has 0 fully saturated rings. The first-order valence-electron chi connectivity index (χ1n) is 5.49. The number of hydrogen-bond donors (Lipinski definition) is 1. The molecule has 3 rings (SSSR count). The molecule has 0 aliphatic rings. The molecule has 0 saturated heterocycles. The van der Waals surface area contributed by atoms with Crippen LogP contribution in [-0.4, -0.2) is 4.98 Å². The van der Waals surface area contributed by atoms with E-state index >= 15 is 0 Å². The molecule has 3 heteroatoms. The van der Waals surface area contributed by atoms with Gasteiger partial charge < -0.3 is 10.2 Å². The van der Waals surface area contributed by atoms with Crippen LogP contribution in [0.2, 0.25) is 0 Å².